The summed E-state index contributed by atoms with van der Waals surface area (Å²) >= 11 is 0. The lowest BCUT2D eigenvalue weighted by Gasteiger charge is -2.26. The van der Waals surface area contributed by atoms with Gasteiger partial charge < -0.3 is 15.4 Å². The molecule has 3 rings (SSSR count). The molecule has 7 heteroatoms. The number of hydrogen-bond acceptors (Lipinski definition) is 4. The van der Waals surface area contributed by atoms with Crippen molar-refractivity contribution in [3.63, 3.8) is 0 Å². The van der Waals surface area contributed by atoms with Crippen LogP contribution in [0.4, 0.5) is 4.39 Å². The van der Waals surface area contributed by atoms with Gasteiger partial charge in [0.2, 0.25) is 5.91 Å². The average molecular weight is 385 g/mol. The van der Waals surface area contributed by atoms with E-state index in [9.17, 15) is 14.0 Å². The number of morpholine rings is 1. The number of hydrogen-bond donors (Lipinski definition) is 2. The molecule has 0 aromatic heterocycles. The van der Waals surface area contributed by atoms with Crippen LogP contribution < -0.4 is 10.6 Å². The molecule has 1 heterocycles. The van der Waals surface area contributed by atoms with Crippen molar-refractivity contribution in [1.29, 1.82) is 0 Å². The van der Waals surface area contributed by atoms with E-state index in [-0.39, 0.29) is 12.5 Å². The molecule has 1 fully saturated rings. The number of halogens is 1. The third kappa shape index (κ3) is 6.14. The van der Waals surface area contributed by atoms with Gasteiger partial charge in [0.15, 0.2) is 0 Å². The number of nitrogens with zero attached hydrogens (tertiary/aromatic N) is 1. The predicted molar refractivity (Wildman–Crippen MR) is 103 cm³/mol. The minimum atomic E-state index is -0.414. The Kier molecular flexibility index (Phi) is 7.11. The highest BCUT2D eigenvalue weighted by molar-refractivity contribution is 5.96. The van der Waals surface area contributed by atoms with Crippen LogP contribution in [-0.2, 0) is 22.6 Å². The Labute approximate surface area is 163 Å². The van der Waals surface area contributed by atoms with E-state index in [0.29, 0.717) is 12.1 Å². The fourth-order valence-corrected chi connectivity index (χ4v) is 2.98. The van der Waals surface area contributed by atoms with Crippen LogP contribution in [-0.4, -0.2) is 49.6 Å². The zero-order valence-corrected chi connectivity index (χ0v) is 15.6. The summed E-state index contributed by atoms with van der Waals surface area (Å²) in [6.07, 6.45) is 0. The summed E-state index contributed by atoms with van der Waals surface area (Å²) in [5, 5.41) is 5.33. The topological polar surface area (TPSA) is 70.7 Å². The van der Waals surface area contributed by atoms with E-state index in [1.165, 1.54) is 29.8 Å². The first-order chi connectivity index (χ1) is 13.6. The van der Waals surface area contributed by atoms with Crippen LogP contribution in [0.2, 0.25) is 0 Å². The molecule has 0 bridgehead atoms. The maximum Gasteiger partial charge on any atom is 0.251 e. The molecule has 2 aromatic carbocycles. The third-order valence-electron chi connectivity index (χ3n) is 4.51. The highest BCUT2D eigenvalue weighted by Gasteiger charge is 2.11. The summed E-state index contributed by atoms with van der Waals surface area (Å²) in [7, 11) is 0. The van der Waals surface area contributed by atoms with E-state index in [1.54, 1.807) is 0 Å². The van der Waals surface area contributed by atoms with Crippen LogP contribution in [0.25, 0.3) is 0 Å². The van der Waals surface area contributed by atoms with E-state index in [2.05, 4.69) is 27.7 Å². The number of rotatable bonds is 7. The van der Waals surface area contributed by atoms with E-state index < -0.39 is 11.7 Å². The first-order valence-electron chi connectivity index (χ1n) is 9.28. The van der Waals surface area contributed by atoms with Crippen LogP contribution in [0, 0.1) is 5.82 Å². The fourth-order valence-electron chi connectivity index (χ4n) is 2.98. The molecule has 148 valence electrons. The van der Waals surface area contributed by atoms with Crippen molar-refractivity contribution in [1.82, 2.24) is 15.5 Å². The third-order valence-corrected chi connectivity index (χ3v) is 4.51. The Morgan fingerprint density at radius 2 is 1.71 bits per heavy atom. The number of benzene rings is 2. The van der Waals surface area contributed by atoms with Gasteiger partial charge in [-0.2, -0.15) is 0 Å². The van der Waals surface area contributed by atoms with E-state index >= 15 is 0 Å². The van der Waals surface area contributed by atoms with Crippen LogP contribution in [0.1, 0.15) is 21.5 Å². The molecular formula is C21H24FN3O3. The molecule has 0 atom stereocenters. The standard InChI is InChI=1S/C21H24FN3O3/c22-19-6-4-18(5-7-19)21(27)24-14-20(26)23-13-16-2-1-3-17(12-16)15-25-8-10-28-11-9-25/h1-7,12H,8-11,13-15H2,(H,23,26)(H,24,27). The Balaban J connectivity index is 1.43. The zero-order valence-electron chi connectivity index (χ0n) is 15.6. The number of amides is 2. The van der Waals surface area contributed by atoms with Crippen molar-refractivity contribution >= 4 is 11.8 Å². The van der Waals surface area contributed by atoms with Gasteiger partial charge in [-0.3, -0.25) is 14.5 Å². The van der Waals surface area contributed by atoms with Gasteiger partial charge in [0.05, 0.1) is 19.8 Å². The van der Waals surface area contributed by atoms with E-state index in [4.69, 9.17) is 4.74 Å². The predicted octanol–water partition coefficient (Wildman–Crippen LogP) is 1.70. The molecule has 2 N–H and O–H groups in total. The zero-order chi connectivity index (χ0) is 19.8. The van der Waals surface area contributed by atoms with Crippen molar-refractivity contribution in [2.24, 2.45) is 0 Å². The van der Waals surface area contributed by atoms with Crippen LogP contribution in [0.5, 0.6) is 0 Å². The van der Waals surface area contributed by atoms with Crippen LogP contribution >= 0.6 is 0 Å². The number of carbonyl (C=O) groups excluding carboxylic acids is 2. The molecule has 0 spiro atoms. The first kappa shape index (κ1) is 20.0. The van der Waals surface area contributed by atoms with Crippen molar-refractivity contribution in [2.45, 2.75) is 13.1 Å². The lowest BCUT2D eigenvalue weighted by atomic mass is 10.1. The summed E-state index contributed by atoms with van der Waals surface area (Å²) in [5.74, 6) is -1.11. The number of ether oxygens (including phenoxy) is 1. The maximum absolute atomic E-state index is 12.9. The normalized spacial score (nSPS) is 14.5. The molecule has 1 aliphatic rings. The maximum atomic E-state index is 12.9. The summed E-state index contributed by atoms with van der Waals surface area (Å²) in [4.78, 5) is 26.3. The molecule has 2 amide bonds. The fraction of sp³-hybridized carbons (Fsp3) is 0.333. The van der Waals surface area contributed by atoms with Gasteiger partial charge in [0.1, 0.15) is 5.82 Å². The van der Waals surface area contributed by atoms with Crippen LogP contribution in [0.3, 0.4) is 0 Å². The second-order valence-corrected chi connectivity index (χ2v) is 6.67. The van der Waals surface area contributed by atoms with Crippen molar-refractivity contribution in [3.8, 4) is 0 Å². The minimum Gasteiger partial charge on any atom is -0.379 e. The smallest absolute Gasteiger partial charge is 0.251 e. The highest BCUT2D eigenvalue weighted by atomic mass is 19.1. The van der Waals surface area contributed by atoms with Gasteiger partial charge in [0, 0.05) is 31.7 Å². The van der Waals surface area contributed by atoms with Gasteiger partial charge in [-0.15, -0.1) is 0 Å². The van der Waals surface area contributed by atoms with Crippen molar-refractivity contribution in [2.75, 3.05) is 32.8 Å². The van der Waals surface area contributed by atoms with Crippen LogP contribution in [0.15, 0.2) is 48.5 Å². The summed E-state index contributed by atoms with van der Waals surface area (Å²) in [6, 6.07) is 13.3. The SMILES string of the molecule is O=C(CNC(=O)c1ccc(F)cc1)NCc1cccc(CN2CCOCC2)c1. The molecular weight excluding hydrogens is 361 g/mol. The second-order valence-electron chi connectivity index (χ2n) is 6.67. The quantitative estimate of drug-likeness (QED) is 0.761. The van der Waals surface area contributed by atoms with Crippen molar-refractivity contribution in [3.05, 3.63) is 71.0 Å². The van der Waals surface area contributed by atoms with Gasteiger partial charge in [0.25, 0.3) is 5.91 Å². The molecule has 0 saturated carbocycles. The lowest BCUT2D eigenvalue weighted by Crippen LogP contribution is -2.36. The first-order valence-corrected chi connectivity index (χ1v) is 9.28. The monoisotopic (exact) mass is 385 g/mol. The molecule has 2 aromatic rings. The lowest BCUT2D eigenvalue weighted by molar-refractivity contribution is -0.120. The Morgan fingerprint density at radius 3 is 2.46 bits per heavy atom. The summed E-state index contributed by atoms with van der Waals surface area (Å²) < 4.78 is 18.2. The largest absolute Gasteiger partial charge is 0.379 e. The number of carbonyl (C=O) groups is 2. The molecule has 28 heavy (non-hydrogen) atoms. The minimum absolute atomic E-state index is 0.135. The van der Waals surface area contributed by atoms with Crippen molar-refractivity contribution < 1.29 is 18.7 Å². The molecule has 1 aliphatic heterocycles. The molecule has 0 radical (unpaired) electrons. The summed E-state index contributed by atoms with van der Waals surface area (Å²) in [6.45, 7) is 4.49. The van der Waals surface area contributed by atoms with Gasteiger partial charge in [-0.25, -0.2) is 4.39 Å². The number of nitrogens with one attached hydrogen (secondary N) is 2. The van der Waals surface area contributed by atoms with Gasteiger partial charge in [-0.05, 0) is 35.4 Å². The Bertz CT molecular complexity index is 805. The van der Waals surface area contributed by atoms with E-state index in [0.717, 1.165) is 38.4 Å². The molecule has 0 unspecified atom stereocenters. The van der Waals surface area contributed by atoms with E-state index in [1.807, 2.05) is 12.1 Å². The molecule has 6 nitrogen and oxygen atoms in total. The Morgan fingerprint density at radius 1 is 1.00 bits per heavy atom. The molecule has 1 saturated heterocycles. The second kappa shape index (κ2) is 9.96. The highest BCUT2D eigenvalue weighted by Crippen LogP contribution is 2.10. The summed E-state index contributed by atoms with van der Waals surface area (Å²) in [5.41, 5.74) is 2.51. The average Bonchev–Trinajstić information content (AvgIpc) is 2.72. The molecule has 0 aliphatic carbocycles. The van der Waals surface area contributed by atoms with Gasteiger partial charge in [-0.1, -0.05) is 24.3 Å². The van der Waals surface area contributed by atoms with Gasteiger partial charge >= 0.3 is 0 Å². The Hall–Kier alpha value is -2.77.